The quantitative estimate of drug-likeness (QED) is 0.518. The molecule has 2 heteroatoms. The van der Waals surface area contributed by atoms with Crippen molar-refractivity contribution in [1.82, 2.24) is 0 Å². The van der Waals surface area contributed by atoms with Crippen molar-refractivity contribution in [3.8, 4) is 5.40 Å². The van der Waals surface area contributed by atoms with Crippen molar-refractivity contribution >= 4 is 11.8 Å². The van der Waals surface area contributed by atoms with Gasteiger partial charge in [0.2, 0.25) is 0 Å². The molecule has 1 aliphatic rings. The lowest BCUT2D eigenvalue weighted by Gasteiger charge is -2.20. The van der Waals surface area contributed by atoms with Crippen LogP contribution in [-0.2, 0) is 0 Å². The summed E-state index contributed by atoms with van der Waals surface area (Å²) in [6.45, 7) is 5.82. The molecule has 0 heterocycles. The van der Waals surface area contributed by atoms with E-state index in [1.807, 2.05) is 12.3 Å². The van der Waals surface area contributed by atoms with Crippen LogP contribution in [0.15, 0.2) is 22.6 Å². The Kier molecular flexibility index (Phi) is 1.63. The third-order valence-electron chi connectivity index (χ3n) is 1.33. The molecular weight excluding hydrogens is 130 g/mol. The van der Waals surface area contributed by atoms with Crippen molar-refractivity contribution in [3.63, 3.8) is 0 Å². The highest BCUT2D eigenvalue weighted by Crippen LogP contribution is 2.39. The van der Waals surface area contributed by atoms with Gasteiger partial charge in [-0.05, 0) is 30.7 Å². The normalized spacial score (nSPS) is 17.1. The van der Waals surface area contributed by atoms with Crippen LogP contribution in [0.4, 0.5) is 0 Å². The maximum absolute atomic E-state index is 8.27. The summed E-state index contributed by atoms with van der Waals surface area (Å²) >= 11 is 1.22. The lowest BCUT2D eigenvalue weighted by Crippen LogP contribution is -2.00. The zero-order chi connectivity index (χ0) is 6.85. The zero-order valence-electron chi connectivity index (χ0n) is 5.27. The second-order valence-electron chi connectivity index (χ2n) is 2.08. The maximum Gasteiger partial charge on any atom is 0.138 e. The Morgan fingerprint density at radius 1 is 1.78 bits per heavy atom. The van der Waals surface area contributed by atoms with Gasteiger partial charge >= 0.3 is 0 Å². The third kappa shape index (κ3) is 1.01. The summed E-state index contributed by atoms with van der Waals surface area (Å²) in [5, 5.41) is 10.3. The first-order valence-electron chi connectivity index (χ1n) is 2.69. The second kappa shape index (κ2) is 2.28. The monoisotopic (exact) mass is 137 g/mol. The van der Waals surface area contributed by atoms with E-state index in [2.05, 4.69) is 6.58 Å². The van der Waals surface area contributed by atoms with E-state index in [9.17, 15) is 0 Å². The van der Waals surface area contributed by atoms with Crippen molar-refractivity contribution in [1.29, 1.82) is 5.26 Å². The van der Waals surface area contributed by atoms with E-state index in [1.165, 1.54) is 17.3 Å². The number of hydrogen-bond acceptors (Lipinski definition) is 2. The molecule has 0 aromatic heterocycles. The largest absolute Gasteiger partial charge is 0.185 e. The van der Waals surface area contributed by atoms with E-state index in [0.717, 1.165) is 16.9 Å². The van der Waals surface area contributed by atoms with E-state index in [0.29, 0.717) is 0 Å². The van der Waals surface area contributed by atoms with Crippen LogP contribution in [0, 0.1) is 10.7 Å². The molecule has 9 heavy (non-hydrogen) atoms. The molecule has 0 saturated heterocycles. The highest BCUT2D eigenvalue weighted by Gasteiger charge is 2.17. The molecule has 0 spiro atoms. The molecule has 1 rings (SSSR count). The van der Waals surface area contributed by atoms with Crippen molar-refractivity contribution in [2.75, 3.05) is 0 Å². The Morgan fingerprint density at radius 3 is 2.67 bits per heavy atom. The molecule has 0 amide bonds. The van der Waals surface area contributed by atoms with Gasteiger partial charge in [-0.1, -0.05) is 12.2 Å². The maximum atomic E-state index is 8.27. The molecule has 0 unspecified atom stereocenters. The van der Waals surface area contributed by atoms with Gasteiger partial charge in [-0.15, -0.1) is 0 Å². The standard InChI is InChI=1S/C7H7NS/c1-5-3-6(2)7(5)9-4-8/h1,3H2,2H3. The number of nitrogens with zero attached hydrogens (tertiary/aromatic N) is 1. The lowest BCUT2D eigenvalue weighted by molar-refractivity contribution is 1.05. The predicted molar refractivity (Wildman–Crippen MR) is 39.7 cm³/mol. The van der Waals surface area contributed by atoms with Crippen LogP contribution < -0.4 is 0 Å². The van der Waals surface area contributed by atoms with Gasteiger partial charge in [0, 0.05) is 4.91 Å². The van der Waals surface area contributed by atoms with Crippen LogP contribution in [0.1, 0.15) is 13.3 Å². The summed E-state index contributed by atoms with van der Waals surface area (Å²) in [6.07, 6.45) is 0.990. The van der Waals surface area contributed by atoms with Gasteiger partial charge in [-0.25, -0.2) is 0 Å². The average Bonchev–Trinajstić information content (AvgIpc) is 1.84. The fourth-order valence-corrected chi connectivity index (χ4v) is 1.43. The molecule has 0 radical (unpaired) electrons. The van der Waals surface area contributed by atoms with Crippen molar-refractivity contribution in [2.24, 2.45) is 0 Å². The molecule has 0 N–H and O–H groups in total. The van der Waals surface area contributed by atoms with Crippen LogP contribution in [0.25, 0.3) is 0 Å². The summed E-state index contributed by atoms with van der Waals surface area (Å²) in [7, 11) is 0. The summed E-state index contributed by atoms with van der Waals surface area (Å²) in [6, 6.07) is 0. The van der Waals surface area contributed by atoms with E-state index < -0.39 is 0 Å². The minimum absolute atomic E-state index is 0.990. The average molecular weight is 137 g/mol. The molecule has 0 atom stereocenters. The second-order valence-corrected chi connectivity index (χ2v) is 2.88. The van der Waals surface area contributed by atoms with Crippen LogP contribution in [0.5, 0.6) is 0 Å². The first-order chi connectivity index (χ1) is 4.25. The molecule has 0 aliphatic heterocycles. The van der Waals surface area contributed by atoms with E-state index in [1.54, 1.807) is 0 Å². The van der Waals surface area contributed by atoms with Gasteiger partial charge in [-0.3, -0.25) is 0 Å². The molecular formula is C7H7NS. The lowest BCUT2D eigenvalue weighted by atomic mass is 9.95. The van der Waals surface area contributed by atoms with Crippen LogP contribution in [0.3, 0.4) is 0 Å². The van der Waals surface area contributed by atoms with Crippen LogP contribution >= 0.6 is 11.8 Å². The molecule has 1 nitrogen and oxygen atoms in total. The SMILES string of the molecule is C=C1CC(C)=C1SC#N. The Hall–Kier alpha value is -0.680. The Bertz CT molecular complexity index is 220. The Labute approximate surface area is 59.1 Å². The number of nitriles is 1. The minimum atomic E-state index is 0.990. The third-order valence-corrected chi connectivity index (χ3v) is 2.27. The summed E-state index contributed by atoms with van der Waals surface area (Å²) in [5.74, 6) is 0. The van der Waals surface area contributed by atoms with Crippen LogP contribution in [0.2, 0.25) is 0 Å². The number of thioether (sulfide) groups is 1. The minimum Gasteiger partial charge on any atom is -0.185 e. The fourth-order valence-electron chi connectivity index (χ4n) is 0.881. The highest BCUT2D eigenvalue weighted by molar-refractivity contribution is 8.07. The summed E-state index contributed by atoms with van der Waals surface area (Å²) in [5.41, 5.74) is 2.41. The number of allylic oxidation sites excluding steroid dienone is 2. The smallest absolute Gasteiger partial charge is 0.138 e. The van der Waals surface area contributed by atoms with Gasteiger partial charge in [0.15, 0.2) is 0 Å². The molecule has 0 fully saturated rings. The fraction of sp³-hybridized carbons (Fsp3) is 0.286. The number of thiocyanates is 1. The van der Waals surface area contributed by atoms with Gasteiger partial charge in [0.1, 0.15) is 5.40 Å². The van der Waals surface area contributed by atoms with Crippen molar-refractivity contribution < 1.29 is 0 Å². The first-order valence-corrected chi connectivity index (χ1v) is 3.51. The van der Waals surface area contributed by atoms with E-state index >= 15 is 0 Å². The zero-order valence-corrected chi connectivity index (χ0v) is 6.09. The van der Waals surface area contributed by atoms with Gasteiger partial charge in [0.05, 0.1) is 0 Å². The summed E-state index contributed by atoms with van der Waals surface area (Å²) < 4.78 is 0. The summed E-state index contributed by atoms with van der Waals surface area (Å²) in [4.78, 5) is 1.09. The van der Waals surface area contributed by atoms with E-state index in [-0.39, 0.29) is 0 Å². The molecule has 46 valence electrons. The molecule has 0 bridgehead atoms. The predicted octanol–water partition coefficient (Wildman–Crippen LogP) is 2.43. The van der Waals surface area contributed by atoms with Gasteiger partial charge in [0.25, 0.3) is 0 Å². The number of rotatable bonds is 1. The number of hydrogen-bond donors (Lipinski definition) is 0. The van der Waals surface area contributed by atoms with Crippen LogP contribution in [-0.4, -0.2) is 0 Å². The van der Waals surface area contributed by atoms with Crippen molar-refractivity contribution in [2.45, 2.75) is 13.3 Å². The molecule has 1 aliphatic carbocycles. The van der Waals surface area contributed by atoms with Crippen molar-refractivity contribution in [3.05, 3.63) is 22.6 Å². The topological polar surface area (TPSA) is 23.8 Å². The van der Waals surface area contributed by atoms with E-state index in [4.69, 9.17) is 5.26 Å². The Morgan fingerprint density at radius 2 is 2.44 bits per heavy atom. The Balaban J connectivity index is 2.71. The molecule has 0 aromatic rings. The highest BCUT2D eigenvalue weighted by atomic mass is 32.2. The van der Waals surface area contributed by atoms with Gasteiger partial charge < -0.3 is 0 Å². The first kappa shape index (κ1) is 6.44. The molecule has 0 aromatic carbocycles. The molecule has 0 saturated carbocycles. The van der Waals surface area contributed by atoms with Gasteiger partial charge in [-0.2, -0.15) is 5.26 Å².